The molecule has 0 bridgehead atoms. The molecule has 2 aromatic heterocycles. The molecule has 5 heterocycles. The molecule has 127 heavy (non-hydrogen) atoms. The summed E-state index contributed by atoms with van der Waals surface area (Å²) in [7, 11) is 3.78. The quantitative estimate of drug-likeness (QED) is 0.0271. The molecule has 23 N–H and O–H groups in total. The van der Waals surface area contributed by atoms with Crippen LogP contribution in [0.25, 0.3) is 21.8 Å². The van der Waals surface area contributed by atoms with Crippen LogP contribution in [-0.2, 0) is 101 Å². The molecule has 8 rings (SSSR count). The van der Waals surface area contributed by atoms with Crippen LogP contribution in [0.1, 0.15) is 115 Å². The van der Waals surface area contributed by atoms with Gasteiger partial charge in [-0.3, -0.25) is 81.5 Å². The first kappa shape index (κ1) is 100. The molecule has 0 spiro atoms. The highest BCUT2D eigenvalue weighted by Crippen LogP contribution is 2.27. The van der Waals surface area contributed by atoms with Gasteiger partial charge in [0.1, 0.15) is 90.3 Å². The van der Waals surface area contributed by atoms with Crippen molar-refractivity contribution in [2.45, 2.75) is 208 Å². The molecule has 15 atom stereocenters. The number of carbonyl (C=O) groups is 17. The zero-order valence-electron chi connectivity index (χ0n) is 71.8. The Morgan fingerprint density at radius 1 is 0.512 bits per heavy atom. The lowest BCUT2D eigenvalue weighted by Gasteiger charge is -2.34. The molecule has 5 aromatic rings. The number of aliphatic hydroxyl groups excluding tert-OH is 4. The summed E-state index contributed by atoms with van der Waals surface area (Å²) in [5.74, 6) is -17.8. The van der Waals surface area contributed by atoms with E-state index in [-0.39, 0.29) is 76.6 Å². The molecular weight excluding hydrogens is 1670 g/mol. The Kier molecular flexibility index (Phi) is 37.7. The number of carbonyl (C=O) groups excluding carboxylic acids is 17. The number of para-hydroxylation sites is 2. The van der Waals surface area contributed by atoms with E-state index in [1.807, 2.05) is 0 Å². The maximum absolute atomic E-state index is 15.2. The molecule has 692 valence electrons. The van der Waals surface area contributed by atoms with Crippen LogP contribution in [0.3, 0.4) is 0 Å². The topological polar surface area (TPSA) is 637 Å². The molecule has 0 radical (unpaired) electrons. The number of likely N-dealkylation sites (N-methyl/N-ethyl adjacent to an activating group) is 3. The van der Waals surface area contributed by atoms with E-state index < -0.39 is 261 Å². The number of thioether (sulfide) groups is 1. The number of benzene rings is 3. The molecule has 42 nitrogen and oxygen atoms in total. The van der Waals surface area contributed by atoms with Crippen molar-refractivity contribution in [2.75, 3.05) is 78.6 Å². The Bertz CT molecular complexity index is 4760. The summed E-state index contributed by atoms with van der Waals surface area (Å²) in [6.45, 7) is 0.520. The van der Waals surface area contributed by atoms with Crippen molar-refractivity contribution in [1.29, 1.82) is 0 Å². The van der Waals surface area contributed by atoms with Gasteiger partial charge in [-0.05, 0) is 113 Å². The number of phenols is 1. The summed E-state index contributed by atoms with van der Waals surface area (Å²) in [5.41, 5.74) is 19.6. The van der Waals surface area contributed by atoms with Crippen LogP contribution in [-0.4, -0.2) is 330 Å². The largest absolute Gasteiger partial charge is 0.508 e. The fourth-order valence-corrected chi connectivity index (χ4v) is 16.3. The number of aromatic amines is 2. The number of hydrogen-bond acceptors (Lipinski definition) is 24. The molecule has 3 aliphatic rings. The second-order valence-electron chi connectivity index (χ2n) is 31.9. The van der Waals surface area contributed by atoms with Gasteiger partial charge in [-0.1, -0.05) is 68.3 Å². The Balaban J connectivity index is 1.16. The summed E-state index contributed by atoms with van der Waals surface area (Å²) in [5, 5.41) is 80.0. The fourth-order valence-electron chi connectivity index (χ4n) is 15.4. The SMILES string of the molecule is CCCC[C@H]1C(=O)N[C@@H](CC(N)=O)C(=O)N2CCC[C@H]2C(=O)N[C@@H](CO)C(=O)N[C@@H](CCO)C(=O)N2C[C@H](O)C[C@H]2C(=O)N[C@@H](Cc2c[nH]c3ccccc23)C(=O)N[C@@H](CCO)C(=O)N[C@@H](Cc2c[nH]c3ccccc23)C(=O)N(C)[C@@H](C)C(=O)N(C)[C@@H](C)C(=O)N[C@@H](CCCCN)C(=O)NC(C(=O)NCC(N)=O)CSCC(=O)N[C@@H](Cc2ccc(O)cc2)C(=O)N1C. The monoisotopic (exact) mass is 1790 g/mol. The van der Waals surface area contributed by atoms with Gasteiger partial charge in [-0.25, -0.2) is 0 Å². The van der Waals surface area contributed by atoms with Crippen molar-refractivity contribution < 1.29 is 107 Å². The first-order valence-electron chi connectivity index (χ1n) is 42.2. The third-order valence-electron chi connectivity index (χ3n) is 22.8. The molecule has 43 heteroatoms. The van der Waals surface area contributed by atoms with Gasteiger partial charge in [0.2, 0.25) is 100 Å². The van der Waals surface area contributed by atoms with Crippen molar-refractivity contribution in [3.8, 4) is 5.75 Å². The zero-order chi connectivity index (χ0) is 93.0. The third-order valence-corrected chi connectivity index (χ3v) is 23.8. The second-order valence-corrected chi connectivity index (χ2v) is 32.9. The molecule has 17 amide bonds. The highest BCUT2D eigenvalue weighted by molar-refractivity contribution is 8.00. The van der Waals surface area contributed by atoms with Gasteiger partial charge in [0.05, 0.1) is 31.4 Å². The molecule has 1 unspecified atom stereocenters. The molecule has 3 saturated heterocycles. The standard InChI is InChI=1S/C84H118N20O22S/c1-7-8-21-65-77(119)97-62(37-68(86)110)84(126)103-30-15-22-66(103)78(120)98-63(42-107)76(118)94-58(28-32-106)83(125)104-41-51(109)36-67(104)79(121)95-59(34-48-38-88-54-18-11-9-16-52(48)54)75(117)93-57(27-31-105)74(116)96-61(35-49-39-89-55-19-12-10-17-53(49)55)81(123)101(5)46(3)80(122)100(4)45(2)71(113)92-56(20-13-14-29-85)73(115)99-64(72(114)90-40-69(87)111)43-127-44-70(112)91-60(82(124)102(65)6)33-47-23-25-50(108)26-24-47/h9-12,16-19,23-26,38-39,45-46,51,56-67,88-89,105-109H,7-8,13-15,20-22,27-37,40-44,85H2,1-6H3,(H2,86,110)(H2,87,111)(H,90,114)(H,91,112)(H,92,113)(H,93,117)(H,94,118)(H,95,121)(H,96,116)(H,97,119)(H,98,120)(H,99,115)/t45-,46-,51+,56-,57-,58-,59-,60-,61-,62-,63-,64?,65-,66-,67-/m0/s1. The highest BCUT2D eigenvalue weighted by Gasteiger charge is 2.46. The van der Waals surface area contributed by atoms with Crippen molar-refractivity contribution >= 4 is 134 Å². The lowest BCUT2D eigenvalue weighted by atomic mass is 10.0. The Labute approximate surface area is 736 Å². The van der Waals surface area contributed by atoms with E-state index in [0.717, 1.165) is 36.3 Å². The Morgan fingerprint density at radius 3 is 1.65 bits per heavy atom. The fraction of sp³-hybridized carbons (Fsp3) is 0.536. The van der Waals surface area contributed by atoms with Gasteiger partial charge >= 0.3 is 0 Å². The number of aromatic hydroxyl groups is 1. The minimum absolute atomic E-state index is 0.0739. The van der Waals surface area contributed by atoms with Gasteiger partial charge < -0.3 is 130 Å². The Hall–Kier alpha value is -12.3. The number of amides is 17. The number of phenolic OH excluding ortho intramolecular Hbond substituents is 1. The number of rotatable bonds is 23. The first-order chi connectivity index (χ1) is 60.5. The van der Waals surface area contributed by atoms with Crippen LogP contribution in [0.4, 0.5) is 0 Å². The number of aliphatic hydroxyl groups is 4. The van der Waals surface area contributed by atoms with E-state index in [4.69, 9.17) is 17.2 Å². The summed E-state index contributed by atoms with van der Waals surface area (Å²) in [4.78, 5) is 257. The molecular formula is C84H118N20O22S. The number of H-pyrrole nitrogens is 2. The van der Waals surface area contributed by atoms with Crippen LogP contribution in [0.5, 0.6) is 5.75 Å². The minimum Gasteiger partial charge on any atom is -0.508 e. The number of hydrogen-bond donors (Lipinski definition) is 20. The number of unbranched alkanes of at least 4 members (excludes halogenated alkanes) is 2. The smallest absolute Gasteiger partial charge is 0.246 e. The van der Waals surface area contributed by atoms with Crippen LogP contribution < -0.4 is 70.4 Å². The van der Waals surface area contributed by atoms with Gasteiger partial charge in [0.25, 0.3) is 0 Å². The van der Waals surface area contributed by atoms with E-state index in [9.17, 15) is 87.9 Å². The number of nitrogens with one attached hydrogen (secondary N) is 12. The van der Waals surface area contributed by atoms with E-state index >= 15 is 19.2 Å². The van der Waals surface area contributed by atoms with E-state index in [2.05, 4.69) is 63.1 Å². The molecule has 0 saturated carbocycles. The summed E-state index contributed by atoms with van der Waals surface area (Å²) >= 11 is 0.772. The van der Waals surface area contributed by atoms with Gasteiger partial charge in [-0.2, -0.15) is 0 Å². The number of fused-ring (bicyclic) bond motifs is 4. The summed E-state index contributed by atoms with van der Waals surface area (Å²) in [6.07, 6.45) is -0.259. The van der Waals surface area contributed by atoms with Gasteiger partial charge in [0, 0.05) is 113 Å². The number of nitrogens with zero attached hydrogens (tertiary/aromatic N) is 5. The molecule has 3 fully saturated rings. The van der Waals surface area contributed by atoms with Gasteiger partial charge in [0.15, 0.2) is 0 Å². The lowest BCUT2D eigenvalue weighted by Crippen LogP contribution is -2.61. The molecule has 3 aromatic carbocycles. The summed E-state index contributed by atoms with van der Waals surface area (Å²) < 4.78 is 0. The van der Waals surface area contributed by atoms with Crippen molar-refractivity contribution in [3.05, 3.63) is 102 Å². The maximum Gasteiger partial charge on any atom is 0.246 e. The molecule has 0 aliphatic carbocycles. The van der Waals surface area contributed by atoms with Gasteiger partial charge in [-0.15, -0.1) is 11.8 Å². The predicted octanol–water partition coefficient (Wildman–Crippen LogP) is -5.48. The lowest BCUT2D eigenvalue weighted by molar-refractivity contribution is -0.148. The number of primary amides is 2. The zero-order valence-corrected chi connectivity index (χ0v) is 72.6. The third kappa shape index (κ3) is 27.4. The second kappa shape index (κ2) is 47.8. The number of nitrogens with two attached hydrogens (primary N) is 3. The van der Waals surface area contributed by atoms with Crippen molar-refractivity contribution in [2.24, 2.45) is 17.2 Å². The van der Waals surface area contributed by atoms with Crippen molar-refractivity contribution in [3.63, 3.8) is 0 Å². The van der Waals surface area contributed by atoms with Crippen molar-refractivity contribution in [1.82, 2.24) is 87.6 Å². The van der Waals surface area contributed by atoms with E-state index in [1.54, 1.807) is 67.8 Å². The predicted molar refractivity (Wildman–Crippen MR) is 461 cm³/mol. The van der Waals surface area contributed by atoms with Crippen LogP contribution in [0, 0.1) is 0 Å². The average molecular weight is 1790 g/mol. The first-order valence-corrected chi connectivity index (χ1v) is 43.3. The maximum atomic E-state index is 15.2. The average Bonchev–Trinajstić information content (AvgIpc) is 1.72. The minimum atomic E-state index is -1.90. The summed E-state index contributed by atoms with van der Waals surface area (Å²) in [6, 6.07) is -2.82. The van der Waals surface area contributed by atoms with Crippen LogP contribution in [0.15, 0.2) is 85.2 Å². The normalized spacial score (nSPS) is 25.6. The van der Waals surface area contributed by atoms with Crippen LogP contribution in [0.2, 0.25) is 0 Å². The Morgan fingerprint density at radius 2 is 1.03 bits per heavy atom. The van der Waals surface area contributed by atoms with Crippen LogP contribution >= 0.6 is 11.8 Å². The van der Waals surface area contributed by atoms with E-state index in [1.165, 1.54) is 59.3 Å². The number of aromatic nitrogens is 2. The highest BCUT2D eigenvalue weighted by atomic mass is 32.2. The molecule has 3 aliphatic heterocycles. The van der Waals surface area contributed by atoms with E-state index in [0.29, 0.717) is 51.3 Å².